The van der Waals surface area contributed by atoms with E-state index in [1.165, 1.54) is 0 Å². The van der Waals surface area contributed by atoms with E-state index in [2.05, 4.69) is 5.32 Å². The number of halogens is 1. The second-order valence-electron chi connectivity index (χ2n) is 5.99. The van der Waals surface area contributed by atoms with Gasteiger partial charge >= 0.3 is 5.97 Å². The van der Waals surface area contributed by atoms with Crippen LogP contribution < -0.4 is 10.1 Å². The monoisotopic (exact) mass is 371 g/mol. The number of carboxylic acid groups (broad SMARTS) is 1. The largest absolute Gasteiger partial charge is 0.487 e. The van der Waals surface area contributed by atoms with Gasteiger partial charge in [-0.1, -0.05) is 41.9 Å². The third-order valence-electron chi connectivity index (χ3n) is 4.18. The molecule has 5 nitrogen and oxygen atoms in total. The normalized spacial score (nSPS) is 13.6. The van der Waals surface area contributed by atoms with Gasteiger partial charge in [-0.2, -0.15) is 0 Å². The van der Waals surface area contributed by atoms with Crippen LogP contribution in [0, 0.1) is 0 Å². The van der Waals surface area contributed by atoms with Crippen LogP contribution >= 0.6 is 11.6 Å². The Labute approximate surface area is 156 Å². The van der Waals surface area contributed by atoms with Crippen LogP contribution in [0.15, 0.2) is 59.7 Å². The van der Waals surface area contributed by atoms with Crippen molar-refractivity contribution in [3.05, 3.63) is 70.3 Å². The molecule has 0 heterocycles. The summed E-state index contributed by atoms with van der Waals surface area (Å²) >= 11 is 6.24. The van der Waals surface area contributed by atoms with Gasteiger partial charge in [0.2, 0.25) is 0 Å². The highest BCUT2D eigenvalue weighted by Gasteiger charge is 2.25. The molecule has 0 atom stereocenters. The van der Waals surface area contributed by atoms with E-state index in [0.29, 0.717) is 47.9 Å². The van der Waals surface area contributed by atoms with Gasteiger partial charge in [-0.3, -0.25) is 4.79 Å². The van der Waals surface area contributed by atoms with Crippen molar-refractivity contribution in [3.63, 3.8) is 0 Å². The van der Waals surface area contributed by atoms with Gasteiger partial charge in [0.1, 0.15) is 12.4 Å². The van der Waals surface area contributed by atoms with Crippen LogP contribution in [0.3, 0.4) is 0 Å². The van der Waals surface area contributed by atoms with E-state index in [1.54, 1.807) is 18.2 Å². The zero-order valence-electron chi connectivity index (χ0n) is 14.0. The van der Waals surface area contributed by atoms with Gasteiger partial charge in [-0.05, 0) is 43.0 Å². The van der Waals surface area contributed by atoms with Crippen molar-refractivity contribution in [2.24, 2.45) is 0 Å². The first kappa shape index (κ1) is 18.0. The molecule has 1 aliphatic carbocycles. The van der Waals surface area contributed by atoms with Gasteiger partial charge in [0, 0.05) is 16.8 Å². The van der Waals surface area contributed by atoms with Gasteiger partial charge in [-0.25, -0.2) is 4.79 Å². The molecule has 0 radical (unpaired) electrons. The van der Waals surface area contributed by atoms with Crippen molar-refractivity contribution in [2.75, 3.05) is 5.32 Å². The maximum atomic E-state index is 12.3. The molecule has 0 aliphatic heterocycles. The third-order valence-corrected chi connectivity index (χ3v) is 4.47. The lowest BCUT2D eigenvalue weighted by Gasteiger charge is -2.11. The molecule has 26 heavy (non-hydrogen) atoms. The third kappa shape index (κ3) is 4.24. The van der Waals surface area contributed by atoms with Crippen LogP contribution in [-0.4, -0.2) is 17.0 Å². The average molecular weight is 372 g/mol. The van der Waals surface area contributed by atoms with E-state index < -0.39 is 11.9 Å². The van der Waals surface area contributed by atoms with Gasteiger partial charge in [0.15, 0.2) is 0 Å². The Bertz CT molecular complexity index is 861. The average Bonchev–Trinajstić information content (AvgIpc) is 3.12. The summed E-state index contributed by atoms with van der Waals surface area (Å²) in [5, 5.41) is 12.2. The number of ether oxygens (including phenoxy) is 1. The van der Waals surface area contributed by atoms with Crippen LogP contribution in [0.5, 0.6) is 5.75 Å². The fourth-order valence-electron chi connectivity index (χ4n) is 2.87. The molecule has 1 aliphatic rings. The molecule has 0 spiro atoms. The number of hydrogen-bond donors (Lipinski definition) is 2. The van der Waals surface area contributed by atoms with Crippen LogP contribution in [0.25, 0.3) is 0 Å². The lowest BCUT2D eigenvalue weighted by atomic mass is 10.1. The molecule has 2 aromatic carbocycles. The van der Waals surface area contributed by atoms with E-state index in [9.17, 15) is 9.59 Å². The van der Waals surface area contributed by atoms with Crippen LogP contribution in [-0.2, 0) is 16.2 Å². The minimum Gasteiger partial charge on any atom is -0.487 e. The van der Waals surface area contributed by atoms with Crippen molar-refractivity contribution < 1.29 is 19.4 Å². The summed E-state index contributed by atoms with van der Waals surface area (Å²) in [4.78, 5) is 23.5. The summed E-state index contributed by atoms with van der Waals surface area (Å²) in [5.41, 5.74) is 2.04. The fraction of sp³-hybridized carbons (Fsp3) is 0.200. The van der Waals surface area contributed by atoms with Gasteiger partial charge in [0.05, 0.1) is 5.02 Å². The Morgan fingerprint density at radius 1 is 1.08 bits per heavy atom. The first-order valence-electron chi connectivity index (χ1n) is 8.27. The quantitative estimate of drug-likeness (QED) is 0.788. The number of anilines is 1. The molecular weight excluding hydrogens is 354 g/mol. The number of hydrogen-bond acceptors (Lipinski definition) is 3. The second-order valence-corrected chi connectivity index (χ2v) is 6.40. The fourth-order valence-corrected chi connectivity index (χ4v) is 3.10. The maximum Gasteiger partial charge on any atom is 0.332 e. The predicted octanol–water partition coefficient (Wildman–Crippen LogP) is 4.42. The van der Waals surface area contributed by atoms with Crippen molar-refractivity contribution >= 4 is 29.2 Å². The molecule has 3 rings (SSSR count). The summed E-state index contributed by atoms with van der Waals surface area (Å²) < 4.78 is 5.70. The summed E-state index contributed by atoms with van der Waals surface area (Å²) in [6.07, 6.45) is 1.57. The van der Waals surface area contributed by atoms with Gasteiger partial charge in [-0.15, -0.1) is 0 Å². The Kier molecular flexibility index (Phi) is 5.58. The van der Waals surface area contributed by atoms with Crippen molar-refractivity contribution in [2.45, 2.75) is 25.9 Å². The summed E-state index contributed by atoms with van der Waals surface area (Å²) in [5.74, 6) is -0.913. The number of benzene rings is 2. The van der Waals surface area contributed by atoms with Crippen LogP contribution in [0.1, 0.15) is 24.8 Å². The zero-order chi connectivity index (χ0) is 18.5. The molecule has 0 saturated heterocycles. The highest BCUT2D eigenvalue weighted by Crippen LogP contribution is 2.30. The number of nitrogens with one attached hydrogen (secondary N) is 1. The van der Waals surface area contributed by atoms with Gasteiger partial charge in [0.25, 0.3) is 5.91 Å². The van der Waals surface area contributed by atoms with Crippen molar-refractivity contribution in [3.8, 4) is 5.75 Å². The molecule has 6 heteroatoms. The molecule has 2 N–H and O–H groups in total. The highest BCUT2D eigenvalue weighted by atomic mass is 35.5. The van der Waals surface area contributed by atoms with E-state index in [4.69, 9.17) is 21.4 Å². The Morgan fingerprint density at radius 3 is 2.50 bits per heavy atom. The lowest BCUT2D eigenvalue weighted by molar-refractivity contribution is -0.133. The topological polar surface area (TPSA) is 75.6 Å². The Hall–Kier alpha value is -2.79. The molecule has 0 fully saturated rings. The molecule has 0 saturated carbocycles. The number of carbonyl (C=O) groups is 2. The smallest absolute Gasteiger partial charge is 0.332 e. The van der Waals surface area contributed by atoms with E-state index in [-0.39, 0.29) is 5.57 Å². The number of amides is 1. The summed E-state index contributed by atoms with van der Waals surface area (Å²) in [7, 11) is 0. The predicted molar refractivity (Wildman–Crippen MR) is 99.4 cm³/mol. The zero-order valence-corrected chi connectivity index (χ0v) is 14.8. The van der Waals surface area contributed by atoms with E-state index in [1.807, 2.05) is 30.3 Å². The summed E-state index contributed by atoms with van der Waals surface area (Å²) in [6.45, 7) is 0.390. The van der Waals surface area contributed by atoms with Crippen molar-refractivity contribution in [1.82, 2.24) is 0 Å². The number of rotatable bonds is 6. The minimum absolute atomic E-state index is 0.191. The lowest BCUT2D eigenvalue weighted by Crippen LogP contribution is -2.16. The Balaban J connectivity index is 1.67. The molecule has 1 amide bonds. The molecule has 0 bridgehead atoms. The van der Waals surface area contributed by atoms with E-state index >= 15 is 0 Å². The summed E-state index contributed by atoms with van der Waals surface area (Å²) in [6, 6.07) is 14.7. The maximum absolute atomic E-state index is 12.3. The van der Waals surface area contributed by atoms with Crippen LogP contribution in [0.4, 0.5) is 5.69 Å². The molecule has 0 aromatic heterocycles. The molecule has 0 unspecified atom stereocenters. The Morgan fingerprint density at radius 2 is 1.81 bits per heavy atom. The first-order valence-corrected chi connectivity index (χ1v) is 8.65. The molecule has 2 aromatic rings. The first-order chi connectivity index (χ1) is 12.5. The second kappa shape index (κ2) is 8.06. The number of carbonyl (C=O) groups excluding carboxylic acids is 1. The number of carboxylic acids is 1. The standard InChI is InChI=1S/C20H18ClNO4/c21-17-11-14(22-19(23)15-7-4-8-16(15)20(24)25)9-10-18(17)26-12-13-5-2-1-3-6-13/h1-3,5-6,9-11H,4,7-8,12H2,(H,22,23)(H,24,25). The van der Waals surface area contributed by atoms with Gasteiger partial charge < -0.3 is 15.2 Å². The number of aliphatic carboxylic acids is 1. The molecular formula is C20H18ClNO4. The molecule has 134 valence electrons. The van der Waals surface area contributed by atoms with Crippen LogP contribution in [0.2, 0.25) is 5.02 Å². The SMILES string of the molecule is O=C(O)C1=C(C(=O)Nc2ccc(OCc3ccccc3)c(Cl)c2)CCC1. The highest BCUT2D eigenvalue weighted by molar-refractivity contribution is 6.32. The minimum atomic E-state index is -1.03. The van der Waals surface area contributed by atoms with E-state index in [0.717, 1.165) is 5.56 Å². The van der Waals surface area contributed by atoms with Crippen molar-refractivity contribution in [1.29, 1.82) is 0 Å².